The lowest BCUT2D eigenvalue weighted by atomic mass is 10.1. The third-order valence-corrected chi connectivity index (χ3v) is 2.78. The van der Waals surface area contributed by atoms with Crippen LogP contribution in [0.4, 0.5) is 11.4 Å². The van der Waals surface area contributed by atoms with Gasteiger partial charge in [0.05, 0.1) is 18.0 Å². The van der Waals surface area contributed by atoms with Crippen LogP contribution >= 0.6 is 0 Å². The highest BCUT2D eigenvalue weighted by Crippen LogP contribution is 2.21. The summed E-state index contributed by atoms with van der Waals surface area (Å²) in [6, 6.07) is 15.8. The Kier molecular flexibility index (Phi) is 4.07. The van der Waals surface area contributed by atoms with Crippen LogP contribution in [-0.4, -0.2) is 6.61 Å². The molecule has 2 aromatic rings. The predicted molar refractivity (Wildman–Crippen MR) is 75.5 cm³/mol. The van der Waals surface area contributed by atoms with Gasteiger partial charge in [0, 0.05) is 6.07 Å². The molecule has 0 amide bonds. The van der Waals surface area contributed by atoms with Crippen LogP contribution in [0.2, 0.25) is 0 Å². The fourth-order valence-electron chi connectivity index (χ4n) is 1.75. The van der Waals surface area contributed by atoms with Crippen molar-refractivity contribution in [1.82, 2.24) is 0 Å². The van der Waals surface area contributed by atoms with E-state index in [1.54, 1.807) is 12.1 Å². The number of hydrogen-bond acceptors (Lipinski definition) is 3. The van der Waals surface area contributed by atoms with Gasteiger partial charge in [-0.25, -0.2) is 0 Å². The number of anilines is 2. The molecule has 0 heterocycles. The van der Waals surface area contributed by atoms with Gasteiger partial charge in [-0.2, -0.15) is 0 Å². The van der Waals surface area contributed by atoms with Crippen LogP contribution < -0.4 is 16.2 Å². The van der Waals surface area contributed by atoms with E-state index in [1.165, 1.54) is 5.56 Å². The quantitative estimate of drug-likeness (QED) is 0.626. The molecule has 4 N–H and O–H groups in total. The van der Waals surface area contributed by atoms with Crippen LogP contribution in [0.1, 0.15) is 12.0 Å². The number of hydrogen-bond donors (Lipinski definition) is 2. The van der Waals surface area contributed by atoms with Crippen molar-refractivity contribution in [3.63, 3.8) is 0 Å². The minimum atomic E-state index is 0.565. The minimum Gasteiger partial charge on any atom is -0.494 e. The number of nitrogens with two attached hydrogens (primary N) is 2. The largest absolute Gasteiger partial charge is 0.494 e. The highest BCUT2D eigenvalue weighted by Gasteiger charge is 1.98. The van der Waals surface area contributed by atoms with Crippen molar-refractivity contribution in [3.05, 3.63) is 54.1 Å². The van der Waals surface area contributed by atoms with E-state index >= 15 is 0 Å². The minimum absolute atomic E-state index is 0.565. The topological polar surface area (TPSA) is 61.3 Å². The predicted octanol–water partition coefficient (Wildman–Crippen LogP) is 2.86. The van der Waals surface area contributed by atoms with Crippen LogP contribution in [0.25, 0.3) is 0 Å². The van der Waals surface area contributed by atoms with Crippen molar-refractivity contribution in [3.8, 4) is 5.75 Å². The van der Waals surface area contributed by atoms with E-state index in [4.69, 9.17) is 16.2 Å². The molecule has 0 fully saturated rings. The van der Waals surface area contributed by atoms with Crippen molar-refractivity contribution >= 4 is 11.4 Å². The molecular weight excluding hydrogens is 224 g/mol. The van der Waals surface area contributed by atoms with E-state index in [0.717, 1.165) is 18.6 Å². The normalized spacial score (nSPS) is 10.2. The van der Waals surface area contributed by atoms with Crippen molar-refractivity contribution < 1.29 is 4.74 Å². The summed E-state index contributed by atoms with van der Waals surface area (Å²) in [5.41, 5.74) is 13.8. The fourth-order valence-corrected chi connectivity index (χ4v) is 1.75. The Morgan fingerprint density at radius 1 is 0.889 bits per heavy atom. The molecular formula is C15H18N2O. The Hall–Kier alpha value is -2.16. The summed E-state index contributed by atoms with van der Waals surface area (Å²) in [7, 11) is 0. The molecule has 0 aliphatic heterocycles. The van der Waals surface area contributed by atoms with E-state index in [-0.39, 0.29) is 0 Å². The van der Waals surface area contributed by atoms with Gasteiger partial charge in [0.25, 0.3) is 0 Å². The molecule has 0 bridgehead atoms. The third kappa shape index (κ3) is 3.42. The second-order valence-electron chi connectivity index (χ2n) is 4.23. The van der Waals surface area contributed by atoms with Gasteiger partial charge in [0.1, 0.15) is 5.75 Å². The second-order valence-corrected chi connectivity index (χ2v) is 4.23. The average Bonchev–Trinajstić information content (AvgIpc) is 2.40. The van der Waals surface area contributed by atoms with Crippen molar-refractivity contribution in [1.29, 1.82) is 0 Å². The molecule has 0 aromatic heterocycles. The lowest BCUT2D eigenvalue weighted by Crippen LogP contribution is -2.01. The number of ether oxygens (including phenoxy) is 1. The first kappa shape index (κ1) is 12.3. The van der Waals surface area contributed by atoms with E-state index in [0.29, 0.717) is 18.0 Å². The first-order valence-corrected chi connectivity index (χ1v) is 6.07. The third-order valence-electron chi connectivity index (χ3n) is 2.78. The number of benzene rings is 2. The molecule has 0 radical (unpaired) electrons. The molecule has 2 aromatic carbocycles. The van der Waals surface area contributed by atoms with Crippen molar-refractivity contribution in [2.24, 2.45) is 0 Å². The molecule has 0 aliphatic rings. The molecule has 18 heavy (non-hydrogen) atoms. The standard InChI is InChI=1S/C15H18N2O/c16-14-9-8-13(11-15(14)17)18-10-4-7-12-5-2-1-3-6-12/h1-3,5-6,8-9,11H,4,7,10,16-17H2. The lowest BCUT2D eigenvalue weighted by Gasteiger charge is -2.08. The Morgan fingerprint density at radius 2 is 1.67 bits per heavy atom. The summed E-state index contributed by atoms with van der Waals surface area (Å²) in [5, 5.41) is 0. The Labute approximate surface area is 107 Å². The second kappa shape index (κ2) is 5.96. The van der Waals surface area contributed by atoms with Crippen LogP contribution in [0.3, 0.4) is 0 Å². The maximum absolute atomic E-state index is 5.71. The summed E-state index contributed by atoms with van der Waals surface area (Å²) in [5.74, 6) is 0.773. The molecule has 0 saturated heterocycles. The van der Waals surface area contributed by atoms with Gasteiger partial charge >= 0.3 is 0 Å². The molecule has 0 aliphatic carbocycles. The number of aryl methyl sites for hydroxylation is 1. The van der Waals surface area contributed by atoms with E-state index in [1.807, 2.05) is 12.1 Å². The van der Waals surface area contributed by atoms with E-state index < -0.39 is 0 Å². The molecule has 0 unspecified atom stereocenters. The van der Waals surface area contributed by atoms with Gasteiger partial charge in [0.2, 0.25) is 0 Å². The summed E-state index contributed by atoms with van der Waals surface area (Å²) < 4.78 is 5.63. The van der Waals surface area contributed by atoms with E-state index in [2.05, 4.69) is 24.3 Å². The van der Waals surface area contributed by atoms with Crippen molar-refractivity contribution in [2.45, 2.75) is 12.8 Å². The van der Waals surface area contributed by atoms with Gasteiger partial charge in [-0.3, -0.25) is 0 Å². The van der Waals surface area contributed by atoms with Crippen LogP contribution in [0.5, 0.6) is 5.75 Å². The highest BCUT2D eigenvalue weighted by molar-refractivity contribution is 5.65. The molecule has 0 atom stereocenters. The molecule has 0 saturated carbocycles. The maximum atomic E-state index is 5.71. The summed E-state index contributed by atoms with van der Waals surface area (Å²) >= 11 is 0. The Morgan fingerprint density at radius 3 is 2.39 bits per heavy atom. The maximum Gasteiger partial charge on any atom is 0.121 e. The molecule has 2 rings (SSSR count). The van der Waals surface area contributed by atoms with Gasteiger partial charge in [-0.1, -0.05) is 30.3 Å². The van der Waals surface area contributed by atoms with Crippen LogP contribution in [-0.2, 0) is 6.42 Å². The van der Waals surface area contributed by atoms with Crippen molar-refractivity contribution in [2.75, 3.05) is 18.1 Å². The SMILES string of the molecule is Nc1ccc(OCCCc2ccccc2)cc1N. The van der Waals surface area contributed by atoms with Gasteiger partial charge in [-0.05, 0) is 30.5 Å². The van der Waals surface area contributed by atoms with E-state index in [9.17, 15) is 0 Å². The number of rotatable bonds is 5. The highest BCUT2D eigenvalue weighted by atomic mass is 16.5. The zero-order valence-electron chi connectivity index (χ0n) is 10.3. The molecule has 94 valence electrons. The smallest absolute Gasteiger partial charge is 0.121 e. The fraction of sp³-hybridized carbons (Fsp3) is 0.200. The first-order valence-electron chi connectivity index (χ1n) is 6.07. The Balaban J connectivity index is 1.77. The molecule has 3 heteroatoms. The van der Waals surface area contributed by atoms with Crippen LogP contribution in [0.15, 0.2) is 48.5 Å². The van der Waals surface area contributed by atoms with Gasteiger partial charge < -0.3 is 16.2 Å². The number of nitrogen functional groups attached to an aromatic ring is 2. The Bertz CT molecular complexity index is 497. The monoisotopic (exact) mass is 242 g/mol. The van der Waals surface area contributed by atoms with Gasteiger partial charge in [0.15, 0.2) is 0 Å². The summed E-state index contributed by atoms with van der Waals surface area (Å²) in [4.78, 5) is 0. The van der Waals surface area contributed by atoms with Crippen LogP contribution in [0, 0.1) is 0 Å². The summed E-state index contributed by atoms with van der Waals surface area (Å²) in [6.45, 7) is 0.679. The molecule has 0 spiro atoms. The summed E-state index contributed by atoms with van der Waals surface area (Å²) in [6.07, 6.45) is 2.00. The molecule has 3 nitrogen and oxygen atoms in total. The average molecular weight is 242 g/mol. The first-order chi connectivity index (χ1) is 8.75. The van der Waals surface area contributed by atoms with Gasteiger partial charge in [-0.15, -0.1) is 0 Å². The zero-order valence-corrected chi connectivity index (χ0v) is 10.3. The zero-order chi connectivity index (χ0) is 12.8. The lowest BCUT2D eigenvalue weighted by molar-refractivity contribution is 0.311.